The molecule has 1 saturated heterocycles. The van der Waals surface area contributed by atoms with E-state index in [-0.39, 0.29) is 12.5 Å². The van der Waals surface area contributed by atoms with Crippen LogP contribution in [0.5, 0.6) is 5.88 Å². The first-order chi connectivity index (χ1) is 13.3. The van der Waals surface area contributed by atoms with Crippen LogP contribution in [0, 0.1) is 0 Å². The van der Waals surface area contributed by atoms with Crippen molar-refractivity contribution in [1.29, 1.82) is 0 Å². The van der Waals surface area contributed by atoms with E-state index in [0.717, 1.165) is 30.5 Å². The van der Waals surface area contributed by atoms with Gasteiger partial charge in [0.2, 0.25) is 5.82 Å². The minimum atomic E-state index is -0.270. The van der Waals surface area contributed by atoms with E-state index < -0.39 is 0 Å². The molecule has 1 aliphatic rings. The van der Waals surface area contributed by atoms with Gasteiger partial charge in [0.25, 0.3) is 11.8 Å². The standard InChI is InChI=1S/C17H18N6O3S/c24-15(19-13-3-1-4-14(11-13)23-6-2-5-18-23)12-26-17-16(20-27-21-17)22-7-9-25-10-8-22/h1-6,11H,7-10,12H2,(H,19,24). The molecule has 1 fully saturated rings. The molecule has 1 aromatic carbocycles. The van der Waals surface area contributed by atoms with Crippen LogP contribution in [0.25, 0.3) is 5.69 Å². The van der Waals surface area contributed by atoms with E-state index in [2.05, 4.69) is 19.2 Å². The number of ether oxygens (including phenoxy) is 2. The van der Waals surface area contributed by atoms with E-state index in [0.29, 0.717) is 30.6 Å². The maximum absolute atomic E-state index is 12.3. The summed E-state index contributed by atoms with van der Waals surface area (Å²) in [5.41, 5.74) is 1.53. The number of nitrogens with zero attached hydrogens (tertiary/aromatic N) is 5. The molecule has 4 rings (SSSR count). The molecule has 0 saturated carbocycles. The van der Waals surface area contributed by atoms with E-state index in [1.54, 1.807) is 10.9 Å². The van der Waals surface area contributed by atoms with Gasteiger partial charge in [0.15, 0.2) is 6.61 Å². The van der Waals surface area contributed by atoms with Crippen molar-refractivity contribution in [3.63, 3.8) is 0 Å². The number of hydrogen-bond acceptors (Lipinski definition) is 8. The van der Waals surface area contributed by atoms with Crippen molar-refractivity contribution in [1.82, 2.24) is 18.5 Å². The van der Waals surface area contributed by atoms with Crippen LogP contribution in [0.3, 0.4) is 0 Å². The third kappa shape index (κ3) is 4.23. The van der Waals surface area contributed by atoms with Gasteiger partial charge in [-0.25, -0.2) is 4.68 Å². The number of carbonyl (C=O) groups is 1. The zero-order chi connectivity index (χ0) is 18.5. The molecule has 2 aromatic heterocycles. The average Bonchev–Trinajstić information content (AvgIpc) is 3.39. The first kappa shape index (κ1) is 17.4. The highest BCUT2D eigenvalue weighted by atomic mass is 32.1. The van der Waals surface area contributed by atoms with Crippen LogP contribution in [0.1, 0.15) is 0 Å². The number of amides is 1. The lowest BCUT2D eigenvalue weighted by molar-refractivity contribution is -0.118. The zero-order valence-electron chi connectivity index (χ0n) is 14.4. The maximum Gasteiger partial charge on any atom is 0.271 e. The summed E-state index contributed by atoms with van der Waals surface area (Å²) < 4.78 is 21.1. The average molecular weight is 386 g/mol. The first-order valence-electron chi connectivity index (χ1n) is 8.47. The fourth-order valence-electron chi connectivity index (χ4n) is 2.71. The Balaban J connectivity index is 1.35. The Morgan fingerprint density at radius 2 is 2.15 bits per heavy atom. The minimum Gasteiger partial charge on any atom is -0.464 e. The molecule has 27 heavy (non-hydrogen) atoms. The van der Waals surface area contributed by atoms with Gasteiger partial charge in [-0.2, -0.15) is 9.47 Å². The van der Waals surface area contributed by atoms with Gasteiger partial charge >= 0.3 is 0 Å². The molecular formula is C17H18N6O3S. The molecule has 1 N–H and O–H groups in total. The quantitative estimate of drug-likeness (QED) is 0.687. The molecular weight excluding hydrogens is 368 g/mol. The van der Waals surface area contributed by atoms with Crippen LogP contribution in [0.2, 0.25) is 0 Å². The van der Waals surface area contributed by atoms with E-state index >= 15 is 0 Å². The summed E-state index contributed by atoms with van der Waals surface area (Å²) in [7, 11) is 0. The summed E-state index contributed by atoms with van der Waals surface area (Å²) >= 11 is 1.07. The van der Waals surface area contributed by atoms with Gasteiger partial charge < -0.3 is 19.7 Å². The highest BCUT2D eigenvalue weighted by Gasteiger charge is 2.20. The third-order valence-electron chi connectivity index (χ3n) is 3.99. The molecule has 3 heterocycles. The van der Waals surface area contributed by atoms with Crippen molar-refractivity contribution in [2.45, 2.75) is 0 Å². The predicted octanol–water partition coefficient (Wildman–Crippen LogP) is 1.58. The molecule has 3 aromatic rings. The number of rotatable bonds is 6. The van der Waals surface area contributed by atoms with Crippen molar-refractivity contribution in [2.75, 3.05) is 43.1 Å². The largest absolute Gasteiger partial charge is 0.464 e. The minimum absolute atomic E-state index is 0.144. The smallest absolute Gasteiger partial charge is 0.271 e. The molecule has 0 aliphatic carbocycles. The Kier molecular flexibility index (Phi) is 5.26. The Bertz CT molecular complexity index is 892. The normalized spacial score (nSPS) is 14.1. The Hall–Kier alpha value is -2.98. The zero-order valence-corrected chi connectivity index (χ0v) is 15.3. The highest BCUT2D eigenvalue weighted by molar-refractivity contribution is 6.99. The maximum atomic E-state index is 12.3. The lowest BCUT2D eigenvalue weighted by atomic mass is 10.3. The van der Waals surface area contributed by atoms with Gasteiger partial charge in [0.1, 0.15) is 0 Å². The van der Waals surface area contributed by atoms with Gasteiger partial charge in [0.05, 0.1) is 30.6 Å². The fourth-order valence-corrected chi connectivity index (χ4v) is 3.23. The highest BCUT2D eigenvalue weighted by Crippen LogP contribution is 2.26. The Labute approximate surface area is 159 Å². The fraction of sp³-hybridized carbons (Fsp3) is 0.294. The van der Waals surface area contributed by atoms with Crippen molar-refractivity contribution in [3.05, 3.63) is 42.7 Å². The number of morpholine rings is 1. The monoisotopic (exact) mass is 386 g/mol. The Morgan fingerprint density at radius 3 is 2.96 bits per heavy atom. The van der Waals surface area contributed by atoms with Crippen LogP contribution in [0.4, 0.5) is 11.5 Å². The van der Waals surface area contributed by atoms with Gasteiger partial charge in [-0.15, -0.1) is 4.37 Å². The van der Waals surface area contributed by atoms with Gasteiger partial charge in [-0.1, -0.05) is 6.07 Å². The lowest BCUT2D eigenvalue weighted by Gasteiger charge is -2.26. The number of hydrogen-bond donors (Lipinski definition) is 1. The molecule has 0 radical (unpaired) electrons. The van der Waals surface area contributed by atoms with E-state index in [1.165, 1.54) is 0 Å². The molecule has 10 heteroatoms. The second-order valence-electron chi connectivity index (χ2n) is 5.83. The van der Waals surface area contributed by atoms with Gasteiger partial charge in [0, 0.05) is 31.2 Å². The molecule has 1 amide bonds. The summed E-state index contributed by atoms with van der Waals surface area (Å²) in [5, 5.41) is 7.00. The number of anilines is 2. The summed E-state index contributed by atoms with van der Waals surface area (Å²) in [5.74, 6) is 0.771. The second kappa shape index (κ2) is 8.14. The molecule has 0 atom stereocenters. The van der Waals surface area contributed by atoms with Gasteiger partial charge in [-0.05, 0) is 24.3 Å². The number of benzene rings is 1. The summed E-state index contributed by atoms with van der Waals surface area (Å²) in [6.45, 7) is 2.60. The van der Waals surface area contributed by atoms with Crippen molar-refractivity contribution < 1.29 is 14.3 Å². The number of aromatic nitrogens is 4. The van der Waals surface area contributed by atoms with Crippen molar-refractivity contribution in [2.24, 2.45) is 0 Å². The van der Waals surface area contributed by atoms with Crippen LogP contribution in [-0.2, 0) is 9.53 Å². The SMILES string of the molecule is O=C(COc1nsnc1N1CCOCC1)Nc1cccc(-n2cccn2)c1. The summed E-state index contributed by atoms with van der Waals surface area (Å²) in [6.07, 6.45) is 3.54. The molecule has 140 valence electrons. The Morgan fingerprint density at radius 1 is 1.26 bits per heavy atom. The van der Waals surface area contributed by atoms with Crippen molar-refractivity contribution in [3.8, 4) is 11.6 Å². The molecule has 0 bridgehead atoms. The van der Waals surface area contributed by atoms with E-state index in [9.17, 15) is 4.79 Å². The molecule has 0 unspecified atom stereocenters. The van der Waals surface area contributed by atoms with E-state index in [4.69, 9.17) is 9.47 Å². The van der Waals surface area contributed by atoms with Crippen molar-refractivity contribution >= 4 is 29.1 Å². The third-order valence-corrected chi connectivity index (χ3v) is 4.49. The predicted molar refractivity (Wildman–Crippen MR) is 101 cm³/mol. The van der Waals surface area contributed by atoms with Crippen LogP contribution in [0.15, 0.2) is 42.7 Å². The number of carbonyl (C=O) groups excluding carboxylic acids is 1. The molecule has 0 spiro atoms. The second-order valence-corrected chi connectivity index (χ2v) is 6.36. The molecule has 1 aliphatic heterocycles. The first-order valence-corrected chi connectivity index (χ1v) is 9.20. The summed E-state index contributed by atoms with van der Waals surface area (Å²) in [4.78, 5) is 14.3. The topological polar surface area (TPSA) is 94.4 Å². The summed E-state index contributed by atoms with van der Waals surface area (Å²) in [6, 6.07) is 9.26. The molecule has 9 nitrogen and oxygen atoms in total. The lowest BCUT2D eigenvalue weighted by Crippen LogP contribution is -2.36. The van der Waals surface area contributed by atoms with Crippen LogP contribution >= 0.6 is 11.7 Å². The van der Waals surface area contributed by atoms with Crippen LogP contribution < -0.4 is 15.0 Å². The number of nitrogens with one attached hydrogen (secondary N) is 1. The van der Waals surface area contributed by atoms with Crippen LogP contribution in [-0.4, -0.2) is 57.3 Å². The van der Waals surface area contributed by atoms with E-state index in [1.807, 2.05) is 41.4 Å². The van der Waals surface area contributed by atoms with Gasteiger partial charge in [-0.3, -0.25) is 4.79 Å².